The summed E-state index contributed by atoms with van der Waals surface area (Å²) in [6.07, 6.45) is 6.09. The highest BCUT2D eigenvalue weighted by Crippen LogP contribution is 2.53. The first-order valence-electron chi connectivity index (χ1n) is 10.7. The van der Waals surface area contributed by atoms with Crippen molar-refractivity contribution in [1.29, 1.82) is 0 Å². The van der Waals surface area contributed by atoms with Crippen molar-refractivity contribution in [2.24, 2.45) is 11.8 Å². The lowest BCUT2D eigenvalue weighted by Gasteiger charge is -2.38. The van der Waals surface area contributed by atoms with E-state index in [1.54, 1.807) is 6.07 Å². The van der Waals surface area contributed by atoms with E-state index in [-0.39, 0.29) is 11.3 Å². The SMILES string of the molecule is Cc1cc(-c2ccc(N)cc2)c(Cl)cc1C1=C(O)C2(CCC3CCCC3C2)OC1=O. The van der Waals surface area contributed by atoms with Crippen LogP contribution in [0, 0.1) is 18.8 Å². The molecule has 3 unspecified atom stereocenters. The quantitative estimate of drug-likeness (QED) is 0.454. The van der Waals surface area contributed by atoms with Crippen LogP contribution in [0.5, 0.6) is 0 Å². The third-order valence-electron chi connectivity index (χ3n) is 7.29. The van der Waals surface area contributed by atoms with Gasteiger partial charge in [0.2, 0.25) is 0 Å². The van der Waals surface area contributed by atoms with Gasteiger partial charge in [-0.05, 0) is 79.0 Å². The number of hydrogen-bond donors (Lipinski definition) is 2. The molecular weight excluding hydrogens is 398 g/mol. The standard InChI is InChI=1S/C25H26ClNO3/c1-14-11-20(16-5-7-18(27)8-6-16)21(26)12-19(14)22-23(28)25(30-24(22)29)10-9-15-3-2-4-17(15)13-25/h5-8,11-12,15,17,28H,2-4,9-10,13,27H2,1H3. The molecule has 1 aliphatic heterocycles. The van der Waals surface area contributed by atoms with Crippen molar-refractivity contribution >= 4 is 28.8 Å². The topological polar surface area (TPSA) is 72.6 Å². The van der Waals surface area contributed by atoms with Gasteiger partial charge in [0.05, 0.1) is 0 Å². The zero-order valence-corrected chi connectivity index (χ0v) is 17.8. The molecular formula is C25H26ClNO3. The summed E-state index contributed by atoms with van der Waals surface area (Å²) in [5.41, 5.74) is 9.23. The number of aryl methyl sites for hydroxylation is 1. The first-order chi connectivity index (χ1) is 14.4. The molecule has 156 valence electrons. The maximum absolute atomic E-state index is 12.9. The summed E-state index contributed by atoms with van der Waals surface area (Å²) in [4.78, 5) is 12.9. The number of nitrogen functional groups attached to an aromatic ring is 1. The average Bonchev–Trinajstić information content (AvgIpc) is 3.27. The molecule has 1 heterocycles. The van der Waals surface area contributed by atoms with Crippen molar-refractivity contribution in [3.63, 3.8) is 0 Å². The molecule has 1 spiro atoms. The number of carbonyl (C=O) groups is 1. The zero-order chi connectivity index (χ0) is 21.0. The van der Waals surface area contributed by atoms with Gasteiger partial charge in [0.25, 0.3) is 0 Å². The number of aliphatic hydroxyl groups is 1. The van der Waals surface area contributed by atoms with Gasteiger partial charge in [-0.15, -0.1) is 0 Å². The van der Waals surface area contributed by atoms with E-state index in [1.807, 2.05) is 37.3 Å². The van der Waals surface area contributed by atoms with Crippen LogP contribution in [-0.4, -0.2) is 16.7 Å². The summed E-state index contributed by atoms with van der Waals surface area (Å²) >= 11 is 6.61. The summed E-state index contributed by atoms with van der Waals surface area (Å²) in [6, 6.07) is 11.2. The van der Waals surface area contributed by atoms with Gasteiger partial charge in [-0.25, -0.2) is 4.79 Å². The van der Waals surface area contributed by atoms with Gasteiger partial charge in [-0.1, -0.05) is 43.0 Å². The van der Waals surface area contributed by atoms with E-state index >= 15 is 0 Å². The summed E-state index contributed by atoms with van der Waals surface area (Å²) in [5, 5.41) is 11.7. The van der Waals surface area contributed by atoms with Crippen molar-refractivity contribution in [2.75, 3.05) is 5.73 Å². The first-order valence-corrected chi connectivity index (χ1v) is 11.1. The number of nitrogens with two attached hydrogens (primary N) is 1. The van der Waals surface area contributed by atoms with Gasteiger partial charge < -0.3 is 15.6 Å². The van der Waals surface area contributed by atoms with Crippen LogP contribution in [0.1, 0.15) is 49.7 Å². The second-order valence-electron chi connectivity index (χ2n) is 9.07. The minimum atomic E-state index is -0.855. The van der Waals surface area contributed by atoms with Gasteiger partial charge in [0.15, 0.2) is 11.4 Å². The second kappa shape index (κ2) is 7.05. The lowest BCUT2D eigenvalue weighted by Crippen LogP contribution is -2.40. The number of hydrogen-bond acceptors (Lipinski definition) is 4. The van der Waals surface area contributed by atoms with Gasteiger partial charge in [0, 0.05) is 16.3 Å². The summed E-state index contributed by atoms with van der Waals surface area (Å²) in [6.45, 7) is 1.93. The number of fused-ring (bicyclic) bond motifs is 1. The smallest absolute Gasteiger partial charge is 0.343 e. The molecule has 5 rings (SSSR count). The van der Waals surface area contributed by atoms with Crippen molar-refractivity contribution in [3.8, 4) is 11.1 Å². The van der Waals surface area contributed by atoms with Crippen molar-refractivity contribution < 1.29 is 14.6 Å². The average molecular weight is 424 g/mol. The van der Waals surface area contributed by atoms with Crippen molar-refractivity contribution in [2.45, 2.75) is 51.0 Å². The monoisotopic (exact) mass is 423 g/mol. The molecule has 2 aromatic carbocycles. The Balaban J connectivity index is 1.54. The molecule has 2 aliphatic carbocycles. The normalized spacial score (nSPS) is 28.1. The zero-order valence-electron chi connectivity index (χ0n) is 17.1. The third-order valence-corrected chi connectivity index (χ3v) is 7.61. The number of carbonyl (C=O) groups excluding carboxylic acids is 1. The van der Waals surface area contributed by atoms with Crippen LogP contribution >= 0.6 is 11.6 Å². The van der Waals surface area contributed by atoms with E-state index in [1.165, 1.54) is 12.8 Å². The molecule has 2 fully saturated rings. The van der Waals surface area contributed by atoms with Crippen molar-refractivity contribution in [1.82, 2.24) is 0 Å². The van der Waals surface area contributed by atoms with Gasteiger partial charge in [-0.3, -0.25) is 0 Å². The van der Waals surface area contributed by atoms with E-state index in [4.69, 9.17) is 22.1 Å². The predicted molar refractivity (Wildman–Crippen MR) is 119 cm³/mol. The lowest BCUT2D eigenvalue weighted by atomic mass is 9.72. The van der Waals surface area contributed by atoms with Crippen LogP contribution in [0.3, 0.4) is 0 Å². The fraction of sp³-hybridized carbons (Fsp3) is 0.400. The molecule has 3 aliphatic rings. The molecule has 2 aromatic rings. The van der Waals surface area contributed by atoms with E-state index < -0.39 is 11.6 Å². The molecule has 5 heteroatoms. The Bertz CT molecular complexity index is 1060. The molecule has 3 N–H and O–H groups in total. The summed E-state index contributed by atoms with van der Waals surface area (Å²) < 4.78 is 5.88. The second-order valence-corrected chi connectivity index (χ2v) is 9.48. The van der Waals surface area contributed by atoms with Crippen LogP contribution in [0.2, 0.25) is 5.02 Å². The molecule has 0 saturated heterocycles. The molecule has 0 aromatic heterocycles. The Morgan fingerprint density at radius 3 is 2.60 bits per heavy atom. The number of ether oxygens (including phenoxy) is 1. The molecule has 30 heavy (non-hydrogen) atoms. The van der Waals surface area contributed by atoms with E-state index in [9.17, 15) is 9.90 Å². The fourth-order valence-corrected chi connectivity index (χ4v) is 5.96. The first kappa shape index (κ1) is 19.5. The van der Waals surface area contributed by atoms with Gasteiger partial charge in [0.1, 0.15) is 5.57 Å². The Hall–Kier alpha value is -2.46. The Kier molecular flexibility index (Phi) is 4.59. The van der Waals surface area contributed by atoms with E-state index in [0.717, 1.165) is 36.0 Å². The van der Waals surface area contributed by atoms with Crippen LogP contribution in [0.25, 0.3) is 16.7 Å². The number of aliphatic hydroxyl groups excluding tert-OH is 1. The number of esters is 1. The van der Waals surface area contributed by atoms with Crippen LogP contribution < -0.4 is 5.73 Å². The Labute approximate surface area is 181 Å². The fourth-order valence-electron chi connectivity index (χ4n) is 5.69. The molecule has 0 bridgehead atoms. The third kappa shape index (κ3) is 3.01. The number of halogens is 1. The Morgan fingerprint density at radius 2 is 1.83 bits per heavy atom. The maximum Gasteiger partial charge on any atom is 0.343 e. The van der Waals surface area contributed by atoms with Crippen molar-refractivity contribution in [3.05, 3.63) is 58.3 Å². The van der Waals surface area contributed by atoms with E-state index in [2.05, 4.69) is 0 Å². The highest BCUT2D eigenvalue weighted by atomic mass is 35.5. The molecule has 0 amide bonds. The molecule has 3 atom stereocenters. The lowest BCUT2D eigenvalue weighted by molar-refractivity contribution is -0.152. The Morgan fingerprint density at radius 1 is 1.10 bits per heavy atom. The van der Waals surface area contributed by atoms with Gasteiger partial charge in [-0.2, -0.15) is 0 Å². The molecule has 2 saturated carbocycles. The summed E-state index contributed by atoms with van der Waals surface area (Å²) in [7, 11) is 0. The molecule has 4 nitrogen and oxygen atoms in total. The highest BCUT2D eigenvalue weighted by Gasteiger charge is 2.53. The number of anilines is 1. The molecule has 0 radical (unpaired) electrons. The summed E-state index contributed by atoms with van der Waals surface area (Å²) in [5.74, 6) is 0.896. The highest BCUT2D eigenvalue weighted by molar-refractivity contribution is 6.34. The van der Waals surface area contributed by atoms with E-state index in [0.29, 0.717) is 34.5 Å². The number of rotatable bonds is 2. The largest absolute Gasteiger partial charge is 0.507 e. The van der Waals surface area contributed by atoms with Crippen LogP contribution in [0.4, 0.5) is 5.69 Å². The minimum Gasteiger partial charge on any atom is -0.507 e. The van der Waals surface area contributed by atoms with Crippen LogP contribution in [0.15, 0.2) is 42.2 Å². The predicted octanol–water partition coefficient (Wildman–Crippen LogP) is 6.06. The van der Waals surface area contributed by atoms with Crippen LogP contribution in [-0.2, 0) is 9.53 Å². The maximum atomic E-state index is 12.9. The number of benzene rings is 2. The van der Waals surface area contributed by atoms with Gasteiger partial charge >= 0.3 is 5.97 Å². The minimum absolute atomic E-state index is 0.0947.